The Kier molecular flexibility index (Phi) is 9.92. The van der Waals surface area contributed by atoms with Crippen LogP contribution in [0, 0.1) is 0 Å². The number of carbonyl (C=O) groups excluding carboxylic acids is 1. The first kappa shape index (κ1) is 18.4. The van der Waals surface area contributed by atoms with Crippen LogP contribution in [0.5, 0.6) is 0 Å². The second-order valence-corrected chi connectivity index (χ2v) is 5.23. The minimum atomic E-state index is -3.38. The van der Waals surface area contributed by atoms with E-state index in [2.05, 4.69) is 11.9 Å². The SMILES string of the molecule is C=C(C)C(=O)NCCCOS(=O)(=O)CCC.N. The van der Waals surface area contributed by atoms with Gasteiger partial charge < -0.3 is 11.5 Å². The van der Waals surface area contributed by atoms with Crippen LogP contribution in [-0.4, -0.2) is 33.2 Å². The lowest BCUT2D eigenvalue weighted by Crippen LogP contribution is -2.25. The Morgan fingerprint density at radius 3 is 2.47 bits per heavy atom. The summed E-state index contributed by atoms with van der Waals surface area (Å²) in [5.74, 6) is -0.193. The van der Waals surface area contributed by atoms with E-state index >= 15 is 0 Å². The van der Waals surface area contributed by atoms with E-state index in [0.717, 1.165) is 0 Å². The molecule has 0 spiro atoms. The molecule has 17 heavy (non-hydrogen) atoms. The van der Waals surface area contributed by atoms with Crippen molar-refractivity contribution in [3.63, 3.8) is 0 Å². The Morgan fingerprint density at radius 2 is 2.00 bits per heavy atom. The third-order valence-electron chi connectivity index (χ3n) is 1.71. The predicted molar refractivity (Wildman–Crippen MR) is 67.5 cm³/mol. The molecule has 0 saturated carbocycles. The minimum absolute atomic E-state index is 0. The van der Waals surface area contributed by atoms with Crippen LogP contribution in [0.1, 0.15) is 26.7 Å². The van der Waals surface area contributed by atoms with Crippen molar-refractivity contribution in [2.45, 2.75) is 26.7 Å². The number of carbonyl (C=O) groups is 1. The molecule has 0 aromatic heterocycles. The normalized spacial score (nSPS) is 10.5. The first-order valence-electron chi connectivity index (χ1n) is 5.20. The molecule has 0 rings (SSSR count). The Hall–Kier alpha value is -0.920. The van der Waals surface area contributed by atoms with E-state index in [-0.39, 0.29) is 24.4 Å². The van der Waals surface area contributed by atoms with Crippen molar-refractivity contribution in [1.82, 2.24) is 11.5 Å². The van der Waals surface area contributed by atoms with Gasteiger partial charge in [0, 0.05) is 12.1 Å². The molecule has 6 nitrogen and oxygen atoms in total. The summed E-state index contributed by atoms with van der Waals surface area (Å²) in [6, 6.07) is 0. The van der Waals surface area contributed by atoms with Crippen LogP contribution in [0.15, 0.2) is 12.2 Å². The zero-order valence-corrected chi connectivity index (χ0v) is 11.3. The lowest BCUT2D eigenvalue weighted by Gasteiger charge is -2.05. The van der Waals surface area contributed by atoms with Crippen molar-refractivity contribution < 1.29 is 17.4 Å². The van der Waals surface area contributed by atoms with Gasteiger partial charge in [-0.05, 0) is 19.8 Å². The van der Waals surface area contributed by atoms with Crippen molar-refractivity contribution >= 4 is 16.0 Å². The Balaban J connectivity index is 0. The number of nitrogens with one attached hydrogen (secondary N) is 1. The third-order valence-corrected chi connectivity index (χ3v) is 3.15. The summed E-state index contributed by atoms with van der Waals surface area (Å²) in [4.78, 5) is 11.0. The van der Waals surface area contributed by atoms with Gasteiger partial charge in [-0.2, -0.15) is 8.42 Å². The second kappa shape index (κ2) is 9.15. The molecule has 0 aromatic carbocycles. The van der Waals surface area contributed by atoms with E-state index in [9.17, 15) is 13.2 Å². The molecule has 0 fully saturated rings. The van der Waals surface area contributed by atoms with Crippen LogP contribution in [0.3, 0.4) is 0 Å². The Morgan fingerprint density at radius 1 is 1.41 bits per heavy atom. The first-order chi connectivity index (χ1) is 7.39. The zero-order valence-electron chi connectivity index (χ0n) is 10.5. The molecule has 102 valence electrons. The molecule has 0 aliphatic carbocycles. The highest BCUT2D eigenvalue weighted by molar-refractivity contribution is 7.86. The van der Waals surface area contributed by atoms with E-state index in [0.29, 0.717) is 25.0 Å². The monoisotopic (exact) mass is 266 g/mol. The highest BCUT2D eigenvalue weighted by Gasteiger charge is 2.08. The fourth-order valence-electron chi connectivity index (χ4n) is 0.920. The van der Waals surface area contributed by atoms with Gasteiger partial charge in [-0.25, -0.2) is 0 Å². The smallest absolute Gasteiger partial charge is 0.267 e. The lowest BCUT2D eigenvalue weighted by atomic mass is 10.3. The summed E-state index contributed by atoms with van der Waals surface area (Å²) >= 11 is 0. The molecule has 0 unspecified atom stereocenters. The van der Waals surface area contributed by atoms with E-state index in [1.54, 1.807) is 13.8 Å². The summed E-state index contributed by atoms with van der Waals surface area (Å²) in [5.41, 5.74) is 0.430. The molecular formula is C10H22N2O4S. The molecule has 4 N–H and O–H groups in total. The van der Waals surface area contributed by atoms with Gasteiger partial charge in [-0.1, -0.05) is 13.5 Å². The van der Waals surface area contributed by atoms with Crippen LogP contribution < -0.4 is 11.5 Å². The molecule has 1 amide bonds. The first-order valence-corrected chi connectivity index (χ1v) is 6.77. The van der Waals surface area contributed by atoms with E-state index in [4.69, 9.17) is 4.18 Å². The molecule has 0 aromatic rings. The standard InChI is InChI=1S/C10H19NO4S.H3N/c1-4-8-16(13,14)15-7-5-6-11-10(12)9(2)3;/h2,4-8H2,1,3H3,(H,11,12);1H3. The topological polar surface area (TPSA) is 107 Å². The van der Waals surface area contributed by atoms with Crippen LogP contribution in [0.4, 0.5) is 0 Å². The maximum atomic E-state index is 11.1. The Labute approximate surface area is 103 Å². The average molecular weight is 266 g/mol. The van der Waals surface area contributed by atoms with Gasteiger partial charge in [-0.3, -0.25) is 8.98 Å². The summed E-state index contributed by atoms with van der Waals surface area (Å²) < 4.78 is 26.9. The second-order valence-electron chi connectivity index (χ2n) is 3.47. The third kappa shape index (κ3) is 9.98. The van der Waals surface area contributed by atoms with Gasteiger partial charge in [0.25, 0.3) is 10.1 Å². The molecular weight excluding hydrogens is 244 g/mol. The molecule has 0 aliphatic heterocycles. The molecule has 0 heterocycles. The van der Waals surface area contributed by atoms with Crippen LogP contribution in [0.2, 0.25) is 0 Å². The molecule has 0 atom stereocenters. The van der Waals surface area contributed by atoms with Gasteiger partial charge in [0.1, 0.15) is 0 Å². The average Bonchev–Trinajstić information content (AvgIpc) is 2.16. The summed E-state index contributed by atoms with van der Waals surface area (Å²) in [6.45, 7) is 7.34. The number of hydrogen-bond acceptors (Lipinski definition) is 5. The molecule has 0 bridgehead atoms. The van der Waals surface area contributed by atoms with Crippen LogP contribution >= 0.6 is 0 Å². The molecule has 7 heteroatoms. The van der Waals surface area contributed by atoms with Gasteiger partial charge in [-0.15, -0.1) is 0 Å². The molecule has 0 saturated heterocycles. The largest absolute Gasteiger partial charge is 0.352 e. The van der Waals surface area contributed by atoms with Crippen molar-refractivity contribution in [2.75, 3.05) is 18.9 Å². The highest BCUT2D eigenvalue weighted by Crippen LogP contribution is 1.97. The van der Waals surface area contributed by atoms with Crippen molar-refractivity contribution in [3.8, 4) is 0 Å². The minimum Gasteiger partial charge on any atom is -0.352 e. The van der Waals surface area contributed by atoms with E-state index in [1.807, 2.05) is 0 Å². The fourth-order valence-corrected chi connectivity index (χ4v) is 1.91. The quantitative estimate of drug-likeness (QED) is 0.387. The van der Waals surface area contributed by atoms with Crippen molar-refractivity contribution in [2.24, 2.45) is 0 Å². The van der Waals surface area contributed by atoms with Crippen LogP contribution in [-0.2, 0) is 19.1 Å². The summed E-state index contributed by atoms with van der Waals surface area (Å²) in [5, 5.41) is 2.59. The van der Waals surface area contributed by atoms with Crippen LogP contribution in [0.25, 0.3) is 0 Å². The van der Waals surface area contributed by atoms with Gasteiger partial charge in [0.15, 0.2) is 0 Å². The van der Waals surface area contributed by atoms with Gasteiger partial charge >= 0.3 is 0 Å². The zero-order chi connectivity index (χ0) is 12.6. The molecule has 0 aliphatic rings. The summed E-state index contributed by atoms with van der Waals surface area (Å²) in [6.07, 6.45) is 0.997. The number of rotatable bonds is 8. The maximum absolute atomic E-state index is 11.1. The van der Waals surface area contributed by atoms with Gasteiger partial charge in [0.05, 0.1) is 12.4 Å². The summed E-state index contributed by atoms with van der Waals surface area (Å²) in [7, 11) is -3.38. The lowest BCUT2D eigenvalue weighted by molar-refractivity contribution is -0.117. The fraction of sp³-hybridized carbons (Fsp3) is 0.700. The highest BCUT2D eigenvalue weighted by atomic mass is 32.2. The predicted octanol–water partition coefficient (Wildman–Crippen LogP) is 0.987. The van der Waals surface area contributed by atoms with Crippen molar-refractivity contribution in [1.29, 1.82) is 0 Å². The van der Waals surface area contributed by atoms with Gasteiger partial charge in [0.2, 0.25) is 5.91 Å². The van der Waals surface area contributed by atoms with Crippen molar-refractivity contribution in [3.05, 3.63) is 12.2 Å². The molecule has 0 radical (unpaired) electrons. The Bertz CT molecular complexity index is 338. The van der Waals surface area contributed by atoms with E-state index < -0.39 is 10.1 Å². The maximum Gasteiger partial charge on any atom is 0.267 e. The van der Waals surface area contributed by atoms with E-state index in [1.165, 1.54) is 0 Å². The number of hydrogen-bond donors (Lipinski definition) is 2. The number of amides is 1.